The van der Waals surface area contributed by atoms with Gasteiger partial charge in [-0.05, 0) is 36.4 Å². The van der Waals surface area contributed by atoms with Gasteiger partial charge in [-0.15, -0.1) is 0 Å². The Labute approximate surface area is 202 Å². The number of fused-ring (bicyclic) bond motifs is 1. The second kappa shape index (κ2) is 9.88. The molecular formula is C25H26N6O4. The molecule has 1 aliphatic rings. The van der Waals surface area contributed by atoms with E-state index in [0.29, 0.717) is 49.5 Å². The molecule has 0 radical (unpaired) electrons. The quantitative estimate of drug-likeness (QED) is 0.436. The van der Waals surface area contributed by atoms with E-state index in [9.17, 15) is 4.79 Å². The van der Waals surface area contributed by atoms with Crippen LogP contribution in [-0.2, 0) is 4.79 Å². The Kier molecular flexibility index (Phi) is 6.34. The zero-order valence-electron chi connectivity index (χ0n) is 19.6. The molecule has 5 rings (SSSR count). The first-order valence-corrected chi connectivity index (χ1v) is 11.3. The van der Waals surface area contributed by atoms with Gasteiger partial charge in [-0.2, -0.15) is 0 Å². The molecule has 0 bridgehead atoms. The molecule has 10 nitrogen and oxygen atoms in total. The van der Waals surface area contributed by atoms with Crippen molar-refractivity contribution in [3.63, 3.8) is 0 Å². The first-order chi connectivity index (χ1) is 17.1. The van der Waals surface area contributed by atoms with Gasteiger partial charge in [-0.25, -0.2) is 15.0 Å². The number of hydrogen-bond donors (Lipinski definition) is 1. The second-order valence-corrected chi connectivity index (χ2v) is 8.04. The van der Waals surface area contributed by atoms with Crippen LogP contribution in [0.15, 0.2) is 54.9 Å². The maximum absolute atomic E-state index is 12.7. The molecule has 0 spiro atoms. The molecule has 2 aromatic heterocycles. The topological polar surface area (TPSA) is 106 Å². The number of hydrogen-bond acceptors (Lipinski definition) is 8. The number of amides is 1. The van der Waals surface area contributed by atoms with E-state index in [4.69, 9.17) is 14.2 Å². The summed E-state index contributed by atoms with van der Waals surface area (Å²) < 4.78 is 16.6. The maximum atomic E-state index is 12.7. The molecule has 0 saturated carbocycles. The first-order valence-electron chi connectivity index (χ1n) is 11.3. The number of ether oxygens (including phenoxy) is 3. The lowest BCUT2D eigenvalue weighted by atomic mass is 10.2. The summed E-state index contributed by atoms with van der Waals surface area (Å²) in [6.45, 7) is 2.47. The Morgan fingerprint density at radius 2 is 1.77 bits per heavy atom. The van der Waals surface area contributed by atoms with E-state index in [0.717, 1.165) is 22.3 Å². The third-order valence-electron chi connectivity index (χ3n) is 5.94. The highest BCUT2D eigenvalue weighted by molar-refractivity contribution is 5.81. The third kappa shape index (κ3) is 4.81. The molecule has 1 N–H and O–H groups in total. The Bertz CT molecular complexity index is 1320. The number of anilines is 1. The van der Waals surface area contributed by atoms with Crippen LogP contribution in [-0.4, -0.2) is 77.7 Å². The van der Waals surface area contributed by atoms with Gasteiger partial charge in [-0.3, -0.25) is 4.79 Å². The fraction of sp³-hybridized carbons (Fsp3) is 0.280. The number of carbonyl (C=O) groups is 1. The molecule has 0 aliphatic carbocycles. The number of methoxy groups -OCH3 is 2. The lowest BCUT2D eigenvalue weighted by Gasteiger charge is -2.34. The van der Waals surface area contributed by atoms with Crippen LogP contribution in [0.25, 0.3) is 22.4 Å². The smallest absolute Gasteiger partial charge is 0.260 e. The molecule has 1 fully saturated rings. The molecule has 35 heavy (non-hydrogen) atoms. The summed E-state index contributed by atoms with van der Waals surface area (Å²) in [6.07, 6.45) is 3.44. The SMILES string of the molecule is COc1ccc2nc(-c3ccc(OCC(=O)N4CCN(c5ncccn5)CC4)c(OC)c3)[nH]c2c1. The van der Waals surface area contributed by atoms with Crippen molar-refractivity contribution < 1.29 is 19.0 Å². The van der Waals surface area contributed by atoms with Crippen molar-refractivity contribution in [1.82, 2.24) is 24.8 Å². The number of benzene rings is 2. The Morgan fingerprint density at radius 3 is 2.51 bits per heavy atom. The number of imidazole rings is 1. The van der Waals surface area contributed by atoms with Crippen LogP contribution in [0.3, 0.4) is 0 Å². The van der Waals surface area contributed by atoms with Crippen molar-refractivity contribution in [1.29, 1.82) is 0 Å². The van der Waals surface area contributed by atoms with E-state index in [1.165, 1.54) is 0 Å². The highest BCUT2D eigenvalue weighted by atomic mass is 16.5. The number of rotatable bonds is 7. The fourth-order valence-electron chi connectivity index (χ4n) is 4.03. The van der Waals surface area contributed by atoms with Crippen LogP contribution < -0.4 is 19.1 Å². The number of nitrogens with one attached hydrogen (secondary N) is 1. The average molecular weight is 475 g/mol. The predicted molar refractivity (Wildman–Crippen MR) is 131 cm³/mol. The second-order valence-electron chi connectivity index (χ2n) is 8.04. The fourth-order valence-corrected chi connectivity index (χ4v) is 4.03. The lowest BCUT2D eigenvalue weighted by Crippen LogP contribution is -2.50. The molecule has 0 atom stereocenters. The molecule has 2 aromatic carbocycles. The monoisotopic (exact) mass is 474 g/mol. The van der Waals surface area contributed by atoms with E-state index in [-0.39, 0.29) is 12.5 Å². The van der Waals surface area contributed by atoms with Crippen LogP contribution in [0, 0.1) is 0 Å². The highest BCUT2D eigenvalue weighted by Crippen LogP contribution is 2.33. The van der Waals surface area contributed by atoms with Crippen molar-refractivity contribution >= 4 is 22.9 Å². The van der Waals surface area contributed by atoms with Gasteiger partial charge in [-0.1, -0.05) is 0 Å². The minimum Gasteiger partial charge on any atom is -0.497 e. The molecule has 1 amide bonds. The van der Waals surface area contributed by atoms with Crippen molar-refractivity contribution in [2.24, 2.45) is 0 Å². The average Bonchev–Trinajstić information content (AvgIpc) is 3.35. The summed E-state index contributed by atoms with van der Waals surface area (Å²) in [4.78, 5) is 33.1. The Morgan fingerprint density at radius 1 is 0.971 bits per heavy atom. The maximum Gasteiger partial charge on any atom is 0.260 e. The largest absolute Gasteiger partial charge is 0.497 e. The van der Waals surface area contributed by atoms with Crippen LogP contribution in [0.1, 0.15) is 0 Å². The predicted octanol–water partition coefficient (Wildman–Crippen LogP) is 2.76. The van der Waals surface area contributed by atoms with Gasteiger partial charge >= 0.3 is 0 Å². The summed E-state index contributed by atoms with van der Waals surface area (Å²) in [7, 11) is 3.20. The summed E-state index contributed by atoms with van der Waals surface area (Å²) in [5.41, 5.74) is 2.56. The van der Waals surface area contributed by atoms with Gasteiger partial charge in [0.15, 0.2) is 18.1 Å². The van der Waals surface area contributed by atoms with Gasteiger partial charge in [0, 0.05) is 50.2 Å². The molecule has 1 saturated heterocycles. The van der Waals surface area contributed by atoms with Crippen molar-refractivity contribution in [2.75, 3.05) is 51.9 Å². The van der Waals surface area contributed by atoms with Crippen molar-refractivity contribution in [3.05, 3.63) is 54.9 Å². The van der Waals surface area contributed by atoms with Crippen LogP contribution in [0.5, 0.6) is 17.2 Å². The van der Waals surface area contributed by atoms with Crippen LogP contribution in [0.2, 0.25) is 0 Å². The molecule has 4 aromatic rings. The Balaban J connectivity index is 1.22. The van der Waals surface area contributed by atoms with E-state index in [1.807, 2.05) is 30.3 Å². The van der Waals surface area contributed by atoms with Gasteiger partial charge in [0.05, 0.1) is 25.3 Å². The van der Waals surface area contributed by atoms with Crippen LogP contribution >= 0.6 is 0 Å². The number of piperazine rings is 1. The van der Waals surface area contributed by atoms with Gasteiger partial charge < -0.3 is 29.0 Å². The van der Waals surface area contributed by atoms with E-state index in [1.54, 1.807) is 43.6 Å². The number of aromatic nitrogens is 4. The van der Waals surface area contributed by atoms with Crippen LogP contribution in [0.4, 0.5) is 5.95 Å². The normalized spacial score (nSPS) is 13.7. The Hall–Kier alpha value is -4.34. The van der Waals surface area contributed by atoms with E-state index < -0.39 is 0 Å². The minimum atomic E-state index is -0.0732. The zero-order chi connectivity index (χ0) is 24.2. The summed E-state index contributed by atoms with van der Waals surface area (Å²) in [6, 6.07) is 13.0. The van der Waals surface area contributed by atoms with Gasteiger partial charge in [0.1, 0.15) is 11.6 Å². The minimum absolute atomic E-state index is 0.0675. The molecule has 0 unspecified atom stereocenters. The zero-order valence-corrected chi connectivity index (χ0v) is 19.6. The standard InChI is InChI=1S/C25H26N6O4/c1-33-18-5-6-19-20(15-18)29-24(28-19)17-4-7-21(22(14-17)34-2)35-16-23(32)30-10-12-31(13-11-30)25-26-8-3-9-27-25/h3-9,14-15H,10-13,16H2,1-2H3,(H,28,29). The number of carbonyl (C=O) groups excluding carboxylic acids is 1. The first kappa shape index (κ1) is 22.5. The summed E-state index contributed by atoms with van der Waals surface area (Å²) >= 11 is 0. The highest BCUT2D eigenvalue weighted by Gasteiger charge is 2.23. The molecule has 3 heterocycles. The molecular weight excluding hydrogens is 448 g/mol. The van der Waals surface area contributed by atoms with Crippen molar-refractivity contribution in [3.8, 4) is 28.6 Å². The van der Waals surface area contributed by atoms with Crippen molar-refractivity contribution in [2.45, 2.75) is 0 Å². The lowest BCUT2D eigenvalue weighted by molar-refractivity contribution is -0.133. The van der Waals surface area contributed by atoms with Gasteiger partial charge in [0.2, 0.25) is 5.95 Å². The van der Waals surface area contributed by atoms with E-state index in [2.05, 4.69) is 24.8 Å². The molecule has 180 valence electrons. The molecule has 1 aliphatic heterocycles. The number of nitrogens with zero attached hydrogens (tertiary/aromatic N) is 5. The third-order valence-corrected chi connectivity index (χ3v) is 5.94. The number of H-pyrrole nitrogens is 1. The van der Waals surface area contributed by atoms with E-state index >= 15 is 0 Å². The van der Waals surface area contributed by atoms with Gasteiger partial charge in [0.25, 0.3) is 5.91 Å². The molecule has 10 heteroatoms. The summed E-state index contributed by atoms with van der Waals surface area (Å²) in [5.74, 6) is 3.10. The number of aromatic amines is 1. The summed E-state index contributed by atoms with van der Waals surface area (Å²) in [5, 5.41) is 0.